The van der Waals surface area contributed by atoms with E-state index in [1.807, 2.05) is 19.1 Å². The zero-order chi connectivity index (χ0) is 35.0. The highest BCUT2D eigenvalue weighted by Crippen LogP contribution is 2.47. The molecule has 2 saturated carbocycles. The van der Waals surface area contributed by atoms with Crippen molar-refractivity contribution in [1.82, 2.24) is 10.0 Å². The number of ether oxygens (including phenoxy) is 3. The van der Waals surface area contributed by atoms with E-state index in [0.29, 0.717) is 30.4 Å². The lowest BCUT2D eigenvalue weighted by Gasteiger charge is -2.46. The number of aryl methyl sites for hydroxylation is 2. The molecule has 0 aromatic heterocycles. The van der Waals surface area contributed by atoms with E-state index >= 15 is 0 Å². The predicted octanol–water partition coefficient (Wildman–Crippen LogP) is 6.11. The van der Waals surface area contributed by atoms with Gasteiger partial charge in [-0.05, 0) is 105 Å². The SMILES string of the molecule is CO[C@H]1/C=C/C[C@H](C)CS(=O)(NC(=O)N[C@@H]2CC[C@H]2OC)=NC(=O)c2ccc3c(c2)N(C[C@@H]2CC[C@H]21)C[C@@]1(CCCc2cc(C)ccc21)CO3. The van der Waals surface area contributed by atoms with Crippen LogP contribution in [0.2, 0.25) is 0 Å². The molecule has 3 aliphatic carbocycles. The number of rotatable bonds is 4. The topological polar surface area (TPSA) is 119 Å². The smallest absolute Gasteiger partial charge is 0.327 e. The van der Waals surface area contributed by atoms with E-state index in [-0.39, 0.29) is 35.3 Å². The lowest BCUT2D eigenvalue weighted by Crippen LogP contribution is -2.54. The van der Waals surface area contributed by atoms with E-state index < -0.39 is 21.9 Å². The average Bonchev–Trinajstić information content (AvgIpc) is 3.20. The van der Waals surface area contributed by atoms with Gasteiger partial charge in [0.25, 0.3) is 5.91 Å². The summed E-state index contributed by atoms with van der Waals surface area (Å²) in [6.45, 7) is 6.24. The van der Waals surface area contributed by atoms with Crippen molar-refractivity contribution in [2.24, 2.45) is 22.1 Å². The first-order valence-electron chi connectivity index (χ1n) is 18.3. The van der Waals surface area contributed by atoms with Crippen molar-refractivity contribution in [3.05, 3.63) is 70.8 Å². The quantitative estimate of drug-likeness (QED) is 0.369. The summed E-state index contributed by atoms with van der Waals surface area (Å²) in [6, 6.07) is 11.5. The van der Waals surface area contributed by atoms with Gasteiger partial charge in [0.1, 0.15) is 15.7 Å². The van der Waals surface area contributed by atoms with Crippen LogP contribution in [0.4, 0.5) is 10.5 Å². The minimum Gasteiger partial charge on any atom is -0.490 e. The van der Waals surface area contributed by atoms with E-state index in [0.717, 1.165) is 69.5 Å². The van der Waals surface area contributed by atoms with E-state index in [1.165, 1.54) is 16.7 Å². The van der Waals surface area contributed by atoms with E-state index in [4.69, 9.17) is 14.2 Å². The van der Waals surface area contributed by atoms with E-state index in [1.54, 1.807) is 20.3 Å². The van der Waals surface area contributed by atoms with Crippen LogP contribution in [0, 0.1) is 24.7 Å². The van der Waals surface area contributed by atoms with Crippen molar-refractivity contribution in [3.63, 3.8) is 0 Å². The Hall–Kier alpha value is -3.41. The average molecular weight is 705 g/mol. The summed E-state index contributed by atoms with van der Waals surface area (Å²) in [5.74, 6) is 0.796. The number of anilines is 1. The summed E-state index contributed by atoms with van der Waals surface area (Å²) in [4.78, 5) is 29.5. The fourth-order valence-corrected chi connectivity index (χ4v) is 10.6. The molecule has 3 amide bonds. The Morgan fingerprint density at radius 1 is 1.10 bits per heavy atom. The Labute approximate surface area is 297 Å². The normalized spacial score (nSPS) is 34.4. The minimum atomic E-state index is -3.48. The van der Waals surface area contributed by atoms with Gasteiger partial charge in [-0.3, -0.25) is 9.52 Å². The molecule has 1 spiro atoms. The van der Waals surface area contributed by atoms with E-state index in [2.05, 4.69) is 56.6 Å². The first-order valence-corrected chi connectivity index (χ1v) is 20.0. The van der Waals surface area contributed by atoms with Crippen LogP contribution in [-0.4, -0.2) is 74.1 Å². The van der Waals surface area contributed by atoms with Crippen LogP contribution in [0.1, 0.15) is 78.9 Å². The number of hydrogen-bond acceptors (Lipinski definition) is 7. The van der Waals surface area contributed by atoms with Gasteiger partial charge in [0.2, 0.25) is 0 Å². The molecular formula is C39H52N4O6S. The number of hydrogen-bond donors (Lipinski definition) is 2. The molecule has 0 saturated heterocycles. The van der Waals surface area contributed by atoms with Crippen molar-refractivity contribution < 1.29 is 28.0 Å². The number of carbonyl (C=O) groups is 2. The second-order valence-corrected chi connectivity index (χ2v) is 17.4. The fraction of sp³-hybridized carbons (Fsp3) is 0.590. The molecule has 5 aliphatic rings. The number of allylic oxidation sites excluding steroid dienone is 1. The molecule has 1 unspecified atom stereocenters. The number of nitrogens with zero attached hydrogens (tertiary/aromatic N) is 2. The Bertz CT molecular complexity index is 1770. The summed E-state index contributed by atoms with van der Waals surface area (Å²) in [5.41, 5.74) is 5.01. The Kier molecular flexibility index (Phi) is 10.0. The van der Waals surface area contributed by atoms with E-state index in [9.17, 15) is 13.8 Å². The van der Waals surface area contributed by atoms with Crippen LogP contribution in [-0.2, 0) is 31.2 Å². The second kappa shape index (κ2) is 14.3. The molecule has 8 atom stereocenters. The van der Waals surface area contributed by atoms with Gasteiger partial charge in [-0.25, -0.2) is 9.00 Å². The van der Waals surface area contributed by atoms with Gasteiger partial charge in [-0.2, -0.15) is 0 Å². The first kappa shape index (κ1) is 35.0. The molecule has 7 rings (SSSR count). The molecule has 2 heterocycles. The largest absolute Gasteiger partial charge is 0.490 e. The van der Waals surface area contributed by atoms with Gasteiger partial charge in [-0.1, -0.05) is 42.8 Å². The highest BCUT2D eigenvalue weighted by atomic mass is 32.2. The van der Waals surface area contributed by atoms with Gasteiger partial charge < -0.3 is 24.4 Å². The highest BCUT2D eigenvalue weighted by molar-refractivity contribution is 7.92. The molecule has 2 fully saturated rings. The number of carbonyl (C=O) groups excluding carboxylic acids is 2. The molecule has 2 aromatic carbocycles. The number of benzene rings is 2. The van der Waals surface area contributed by atoms with Crippen molar-refractivity contribution in [2.75, 3.05) is 44.6 Å². The number of nitrogens with one attached hydrogen (secondary N) is 2. The Morgan fingerprint density at radius 3 is 2.70 bits per heavy atom. The maximum Gasteiger partial charge on any atom is 0.327 e. The molecule has 0 radical (unpaired) electrons. The highest BCUT2D eigenvalue weighted by Gasteiger charge is 2.44. The number of fused-ring (bicyclic) bond motifs is 4. The zero-order valence-electron chi connectivity index (χ0n) is 29.8. The standard InChI is InChI=1S/C39H52N4O6S/c1-25-10-14-31-27(19-25)8-6-18-39(31)23-43-21-29-11-13-30(29)34(47-3)9-5-7-26(2)22-50(46,42-38(45)40-32-15-17-35(32)48-4)41-37(44)28-12-16-36(49-24-39)33(43)20-28/h5,9-10,12,14,16,19-20,26,29-30,32,34-35H,6-8,11,13,15,17-18,21-24H2,1-4H3,(H2,40,41,42,44,45,46)/b9-5+/t26-,29-,30+,32+,34-,35+,39-,50?/m0/s1. The molecule has 2 bridgehead atoms. The zero-order valence-corrected chi connectivity index (χ0v) is 30.6. The van der Waals surface area contributed by atoms with Crippen LogP contribution < -0.4 is 19.7 Å². The molecule has 2 N–H and O–H groups in total. The molecule has 50 heavy (non-hydrogen) atoms. The number of methoxy groups -OCH3 is 2. The molecule has 11 heteroatoms. The van der Waals surface area contributed by atoms with Crippen molar-refractivity contribution in [2.45, 2.75) is 88.9 Å². The van der Waals surface area contributed by atoms with Crippen LogP contribution in [0.5, 0.6) is 5.75 Å². The monoisotopic (exact) mass is 704 g/mol. The van der Waals surface area contributed by atoms with Crippen LogP contribution in [0.15, 0.2) is 52.9 Å². The summed E-state index contributed by atoms with van der Waals surface area (Å²) < 4.78 is 39.5. The maximum absolute atomic E-state index is 14.4. The van der Waals surface area contributed by atoms with Crippen LogP contribution >= 0.6 is 0 Å². The Balaban J connectivity index is 1.27. The van der Waals surface area contributed by atoms with Crippen LogP contribution in [0.25, 0.3) is 0 Å². The molecule has 2 aromatic rings. The minimum absolute atomic E-state index is 0.0279. The fourth-order valence-electron chi connectivity index (χ4n) is 8.79. The second-order valence-electron chi connectivity index (χ2n) is 15.4. The molecule has 270 valence electrons. The summed E-state index contributed by atoms with van der Waals surface area (Å²) in [5, 5.41) is 2.87. The van der Waals surface area contributed by atoms with Crippen molar-refractivity contribution >= 4 is 27.5 Å². The molecule has 2 aliphatic heterocycles. The molecular weight excluding hydrogens is 653 g/mol. The van der Waals surface area contributed by atoms with Gasteiger partial charge in [0.15, 0.2) is 0 Å². The molecule has 10 nitrogen and oxygen atoms in total. The maximum atomic E-state index is 14.4. The predicted molar refractivity (Wildman–Crippen MR) is 195 cm³/mol. The van der Waals surface area contributed by atoms with Gasteiger partial charge in [-0.15, -0.1) is 4.36 Å². The third-order valence-electron chi connectivity index (χ3n) is 11.8. The lowest BCUT2D eigenvalue weighted by atomic mass is 9.68. The van der Waals surface area contributed by atoms with Gasteiger partial charge >= 0.3 is 6.03 Å². The van der Waals surface area contributed by atoms with Gasteiger partial charge in [0.05, 0.1) is 36.3 Å². The van der Waals surface area contributed by atoms with Crippen molar-refractivity contribution in [3.8, 4) is 5.75 Å². The summed E-state index contributed by atoms with van der Waals surface area (Å²) >= 11 is 0. The summed E-state index contributed by atoms with van der Waals surface area (Å²) in [7, 11) is -0.0928. The van der Waals surface area contributed by atoms with Crippen molar-refractivity contribution in [1.29, 1.82) is 0 Å². The first-order chi connectivity index (χ1) is 24.1. The number of amides is 3. The third kappa shape index (κ3) is 7.05. The van der Waals surface area contributed by atoms with Gasteiger partial charge in [0, 0.05) is 38.3 Å². The lowest BCUT2D eigenvalue weighted by molar-refractivity contribution is 0.0111. The Morgan fingerprint density at radius 2 is 1.96 bits per heavy atom. The van der Waals surface area contributed by atoms with Crippen LogP contribution in [0.3, 0.4) is 0 Å². The summed E-state index contributed by atoms with van der Waals surface area (Å²) in [6.07, 6.45) is 11.7. The number of urea groups is 1. The third-order valence-corrected chi connectivity index (χ3v) is 13.8.